The third-order valence-electron chi connectivity index (χ3n) is 5.54. The number of likely N-dealkylation sites (tertiary alicyclic amines) is 1. The zero-order chi connectivity index (χ0) is 17.3. The molecule has 1 aromatic heterocycles. The van der Waals surface area contributed by atoms with Gasteiger partial charge < -0.3 is 9.67 Å². The second-order valence-corrected chi connectivity index (χ2v) is 7.70. The molecular formula is C18H27N3O3. The molecule has 1 aliphatic carbocycles. The van der Waals surface area contributed by atoms with Crippen LogP contribution < -0.4 is 0 Å². The summed E-state index contributed by atoms with van der Waals surface area (Å²) in [6.07, 6.45) is 8.93. The van der Waals surface area contributed by atoms with Crippen molar-refractivity contribution in [2.75, 3.05) is 6.54 Å². The van der Waals surface area contributed by atoms with Crippen LogP contribution in [0.4, 0.5) is 4.79 Å². The Labute approximate surface area is 142 Å². The molecule has 2 fully saturated rings. The summed E-state index contributed by atoms with van der Waals surface area (Å²) in [5.74, 6) is 0.458. The van der Waals surface area contributed by atoms with Crippen LogP contribution in [0.2, 0.25) is 0 Å². The molecule has 2 amide bonds. The van der Waals surface area contributed by atoms with Gasteiger partial charge in [-0.1, -0.05) is 13.8 Å². The lowest BCUT2D eigenvalue weighted by Crippen LogP contribution is -2.47. The van der Waals surface area contributed by atoms with E-state index in [0.717, 1.165) is 22.9 Å². The number of nitrogens with zero attached hydrogens (tertiary/aromatic N) is 3. The van der Waals surface area contributed by atoms with E-state index >= 15 is 0 Å². The van der Waals surface area contributed by atoms with Crippen molar-refractivity contribution in [1.82, 2.24) is 14.5 Å². The fourth-order valence-electron chi connectivity index (χ4n) is 4.10. The lowest BCUT2D eigenvalue weighted by molar-refractivity contribution is -0.137. The Kier molecular flexibility index (Phi) is 4.92. The summed E-state index contributed by atoms with van der Waals surface area (Å²) in [6, 6.07) is 0.513. The van der Waals surface area contributed by atoms with Gasteiger partial charge in [-0.25, -0.2) is 14.7 Å². The molecule has 3 rings (SSSR count). The van der Waals surface area contributed by atoms with Gasteiger partial charge in [-0.2, -0.15) is 0 Å². The molecule has 2 atom stereocenters. The molecule has 1 aliphatic heterocycles. The number of carbonyl (C=O) groups excluding carboxylic acids is 1. The first kappa shape index (κ1) is 17.0. The first-order valence-corrected chi connectivity index (χ1v) is 9.00. The highest BCUT2D eigenvalue weighted by Crippen LogP contribution is 2.32. The van der Waals surface area contributed by atoms with Gasteiger partial charge in [-0.15, -0.1) is 0 Å². The molecule has 24 heavy (non-hydrogen) atoms. The van der Waals surface area contributed by atoms with E-state index in [2.05, 4.69) is 22.7 Å². The number of carboxylic acid groups (broad SMARTS) is 1. The molecule has 0 aromatic carbocycles. The smallest absolute Gasteiger partial charge is 0.414 e. The minimum atomic E-state index is -1.14. The maximum atomic E-state index is 12.4. The van der Waals surface area contributed by atoms with E-state index in [-0.39, 0.29) is 17.7 Å². The van der Waals surface area contributed by atoms with Gasteiger partial charge in [-0.3, -0.25) is 4.79 Å². The van der Waals surface area contributed by atoms with Crippen LogP contribution >= 0.6 is 0 Å². The molecular weight excluding hydrogens is 306 g/mol. The van der Waals surface area contributed by atoms with E-state index in [9.17, 15) is 14.7 Å². The lowest BCUT2D eigenvalue weighted by atomic mass is 9.86. The van der Waals surface area contributed by atoms with Crippen molar-refractivity contribution in [3.05, 3.63) is 18.2 Å². The van der Waals surface area contributed by atoms with E-state index in [1.54, 1.807) is 0 Å². The van der Waals surface area contributed by atoms with Crippen molar-refractivity contribution in [2.24, 2.45) is 17.8 Å². The van der Waals surface area contributed by atoms with Crippen molar-refractivity contribution < 1.29 is 14.7 Å². The number of piperidine rings is 1. The first-order chi connectivity index (χ1) is 11.4. The van der Waals surface area contributed by atoms with E-state index in [1.165, 1.54) is 25.7 Å². The summed E-state index contributed by atoms with van der Waals surface area (Å²) in [7, 11) is 0. The van der Waals surface area contributed by atoms with Crippen LogP contribution in [-0.2, 0) is 11.2 Å². The van der Waals surface area contributed by atoms with Crippen molar-refractivity contribution in [1.29, 1.82) is 0 Å². The highest BCUT2D eigenvalue weighted by atomic mass is 16.4. The first-order valence-electron chi connectivity index (χ1n) is 9.00. The van der Waals surface area contributed by atoms with E-state index < -0.39 is 6.09 Å². The quantitative estimate of drug-likeness (QED) is 0.920. The van der Waals surface area contributed by atoms with Crippen LogP contribution in [-0.4, -0.2) is 38.1 Å². The number of imidazole rings is 1. The molecule has 6 heteroatoms. The minimum absolute atomic E-state index is 0.200. The fourth-order valence-corrected chi connectivity index (χ4v) is 4.10. The monoisotopic (exact) mass is 333 g/mol. The summed E-state index contributed by atoms with van der Waals surface area (Å²) >= 11 is 0. The van der Waals surface area contributed by atoms with Gasteiger partial charge in [0.15, 0.2) is 0 Å². The van der Waals surface area contributed by atoms with Crippen molar-refractivity contribution >= 4 is 12.0 Å². The Balaban J connectivity index is 1.65. The number of aromatic nitrogens is 2. The van der Waals surface area contributed by atoms with Gasteiger partial charge in [0.25, 0.3) is 0 Å². The average Bonchev–Trinajstić information content (AvgIpc) is 2.99. The van der Waals surface area contributed by atoms with Gasteiger partial charge >= 0.3 is 6.09 Å². The Hall–Kier alpha value is -1.85. The highest BCUT2D eigenvalue weighted by Gasteiger charge is 2.36. The van der Waals surface area contributed by atoms with Crippen LogP contribution in [0.1, 0.15) is 57.7 Å². The van der Waals surface area contributed by atoms with Crippen molar-refractivity contribution in [3.63, 3.8) is 0 Å². The van der Waals surface area contributed by atoms with E-state index in [1.807, 2.05) is 13.3 Å². The average molecular weight is 333 g/mol. The van der Waals surface area contributed by atoms with Crippen LogP contribution in [0.15, 0.2) is 12.5 Å². The second kappa shape index (κ2) is 6.95. The molecule has 0 spiro atoms. The number of amides is 2. The molecule has 1 saturated carbocycles. The number of carbonyl (C=O) groups is 2. The molecule has 0 radical (unpaired) electrons. The van der Waals surface area contributed by atoms with Gasteiger partial charge in [-0.05, 0) is 43.9 Å². The minimum Gasteiger partial charge on any atom is -0.465 e. The predicted molar refractivity (Wildman–Crippen MR) is 89.6 cm³/mol. The second-order valence-electron chi connectivity index (χ2n) is 7.70. The van der Waals surface area contributed by atoms with Gasteiger partial charge in [0.05, 0.1) is 12.0 Å². The Morgan fingerprint density at radius 3 is 2.62 bits per heavy atom. The summed E-state index contributed by atoms with van der Waals surface area (Å²) in [4.78, 5) is 29.1. The number of imide groups is 1. The predicted octanol–water partition coefficient (Wildman–Crippen LogP) is 3.34. The third kappa shape index (κ3) is 3.62. The number of hydrogen-bond acceptors (Lipinski definition) is 3. The molecule has 6 nitrogen and oxygen atoms in total. The van der Waals surface area contributed by atoms with Crippen LogP contribution in [0.25, 0.3) is 0 Å². The Bertz CT molecular complexity index is 604. The Morgan fingerprint density at radius 2 is 1.96 bits per heavy atom. The molecule has 132 valence electrons. The standard InChI is InChI=1S/C18H27N3O3/c1-12-3-5-16(6-4-12)20-10-15(19-11-20)8-14-7-13(2)9-21(17(14)22)18(23)24/h10-14,16H,3-9H2,1-2H3,(H,23,24)/t12-,13-,14?,16-/m0/s1. The maximum Gasteiger partial charge on any atom is 0.414 e. The molecule has 1 unspecified atom stereocenters. The zero-order valence-corrected chi connectivity index (χ0v) is 14.5. The molecule has 2 heterocycles. The molecule has 0 bridgehead atoms. The number of rotatable bonds is 3. The summed E-state index contributed by atoms with van der Waals surface area (Å²) in [6.45, 7) is 4.61. The largest absolute Gasteiger partial charge is 0.465 e. The van der Waals surface area contributed by atoms with E-state index in [0.29, 0.717) is 19.0 Å². The molecule has 1 aromatic rings. The lowest BCUT2D eigenvalue weighted by Gasteiger charge is -2.32. The topological polar surface area (TPSA) is 75.4 Å². The zero-order valence-electron chi connectivity index (χ0n) is 14.5. The maximum absolute atomic E-state index is 12.4. The van der Waals surface area contributed by atoms with Crippen molar-refractivity contribution in [3.8, 4) is 0 Å². The summed E-state index contributed by atoms with van der Waals surface area (Å²) in [5.41, 5.74) is 0.895. The third-order valence-corrected chi connectivity index (χ3v) is 5.54. The Morgan fingerprint density at radius 1 is 1.25 bits per heavy atom. The van der Waals surface area contributed by atoms with Crippen LogP contribution in [0.3, 0.4) is 0 Å². The number of hydrogen-bond donors (Lipinski definition) is 1. The van der Waals surface area contributed by atoms with Crippen molar-refractivity contribution in [2.45, 2.75) is 58.4 Å². The van der Waals surface area contributed by atoms with Crippen LogP contribution in [0.5, 0.6) is 0 Å². The molecule has 1 saturated heterocycles. The summed E-state index contributed by atoms with van der Waals surface area (Å²) < 4.78 is 2.19. The van der Waals surface area contributed by atoms with Gasteiger partial charge in [0, 0.05) is 31.1 Å². The SMILES string of the molecule is C[C@H]1CC(Cc2cn([C@H]3CC[C@H](C)CC3)cn2)C(=O)N(C(=O)O)C1. The van der Waals surface area contributed by atoms with Crippen LogP contribution in [0, 0.1) is 17.8 Å². The fraction of sp³-hybridized carbons (Fsp3) is 0.722. The molecule has 2 aliphatic rings. The summed E-state index contributed by atoms with van der Waals surface area (Å²) in [5, 5.41) is 9.19. The van der Waals surface area contributed by atoms with Gasteiger partial charge in [0.1, 0.15) is 0 Å². The van der Waals surface area contributed by atoms with Gasteiger partial charge in [0.2, 0.25) is 5.91 Å². The highest BCUT2D eigenvalue weighted by molar-refractivity contribution is 5.93. The normalized spacial score (nSPS) is 31.2. The molecule has 1 N–H and O–H groups in total. The van der Waals surface area contributed by atoms with E-state index in [4.69, 9.17) is 0 Å².